The summed E-state index contributed by atoms with van der Waals surface area (Å²) in [7, 11) is 1.56. The molecule has 0 bridgehead atoms. The van der Waals surface area contributed by atoms with E-state index in [1.165, 1.54) is 0 Å². The number of halogens is 2. The second kappa shape index (κ2) is 4.59. The first-order chi connectivity index (χ1) is 8.36. The van der Waals surface area contributed by atoms with E-state index in [2.05, 4.69) is 20.9 Å². The molecule has 2 N–H and O–H groups in total. The molecule has 0 saturated heterocycles. The third-order valence-electron chi connectivity index (χ3n) is 3.12. The normalized spacial score (nSPS) is 24.7. The molecule has 1 unspecified atom stereocenters. The van der Waals surface area contributed by atoms with E-state index in [0.29, 0.717) is 18.8 Å². The number of rotatable bonds is 4. The van der Waals surface area contributed by atoms with Crippen molar-refractivity contribution in [1.29, 1.82) is 0 Å². The standard InChI is InChI=1S/C10H15Cl2N5O/c1-9(5-10(9,11)12)6-17-4-7(15-16-17)3-14-8(18)13-2/h4H,3,5-6H2,1-2H3,(H2,13,14,18). The van der Waals surface area contributed by atoms with E-state index in [-0.39, 0.29) is 11.4 Å². The lowest BCUT2D eigenvalue weighted by molar-refractivity contribution is 0.242. The number of amides is 2. The lowest BCUT2D eigenvalue weighted by Gasteiger charge is -2.10. The molecule has 0 aromatic carbocycles. The van der Waals surface area contributed by atoms with Crippen molar-refractivity contribution >= 4 is 29.2 Å². The zero-order valence-electron chi connectivity index (χ0n) is 10.2. The molecular weight excluding hydrogens is 277 g/mol. The number of urea groups is 1. The summed E-state index contributed by atoms with van der Waals surface area (Å²) in [5, 5.41) is 13.1. The number of aromatic nitrogens is 3. The molecule has 0 radical (unpaired) electrons. The van der Waals surface area contributed by atoms with Crippen LogP contribution in [-0.2, 0) is 13.1 Å². The Kier molecular flexibility index (Phi) is 3.42. The van der Waals surface area contributed by atoms with Gasteiger partial charge >= 0.3 is 6.03 Å². The molecule has 2 rings (SSSR count). The first-order valence-corrected chi connectivity index (χ1v) is 6.34. The third kappa shape index (κ3) is 2.70. The quantitative estimate of drug-likeness (QED) is 0.821. The van der Waals surface area contributed by atoms with Crippen LogP contribution in [0.2, 0.25) is 0 Å². The predicted molar refractivity (Wildman–Crippen MR) is 68.5 cm³/mol. The number of hydrogen-bond donors (Lipinski definition) is 2. The Morgan fingerprint density at radius 3 is 2.83 bits per heavy atom. The van der Waals surface area contributed by atoms with Crippen LogP contribution in [0.1, 0.15) is 19.0 Å². The smallest absolute Gasteiger partial charge is 0.314 e. The van der Waals surface area contributed by atoms with Crippen molar-refractivity contribution in [2.75, 3.05) is 7.05 Å². The zero-order chi connectivity index (χ0) is 13.4. The Morgan fingerprint density at radius 1 is 1.61 bits per heavy atom. The van der Waals surface area contributed by atoms with E-state index >= 15 is 0 Å². The fraction of sp³-hybridized carbons (Fsp3) is 0.700. The minimum atomic E-state index is -0.667. The maximum atomic E-state index is 11.0. The van der Waals surface area contributed by atoms with Crippen LogP contribution in [0.25, 0.3) is 0 Å². The maximum Gasteiger partial charge on any atom is 0.314 e. The van der Waals surface area contributed by atoms with Gasteiger partial charge in [0.05, 0.1) is 19.3 Å². The first kappa shape index (κ1) is 13.4. The average molecular weight is 292 g/mol. The highest BCUT2D eigenvalue weighted by molar-refractivity contribution is 6.51. The Balaban J connectivity index is 1.89. The summed E-state index contributed by atoms with van der Waals surface area (Å²) in [5.41, 5.74) is 0.535. The predicted octanol–water partition coefficient (Wildman–Crippen LogP) is 1.29. The van der Waals surface area contributed by atoms with E-state index in [4.69, 9.17) is 23.2 Å². The highest BCUT2D eigenvalue weighted by Crippen LogP contribution is 2.64. The summed E-state index contributed by atoms with van der Waals surface area (Å²) >= 11 is 12.1. The van der Waals surface area contributed by atoms with E-state index in [0.717, 1.165) is 6.42 Å². The molecule has 0 aliphatic heterocycles. The molecule has 1 aromatic heterocycles. The van der Waals surface area contributed by atoms with Gasteiger partial charge in [-0.3, -0.25) is 4.68 Å². The Morgan fingerprint density at radius 2 is 2.28 bits per heavy atom. The highest BCUT2D eigenvalue weighted by Gasteiger charge is 2.63. The van der Waals surface area contributed by atoms with Crippen LogP contribution < -0.4 is 10.6 Å². The maximum absolute atomic E-state index is 11.0. The van der Waals surface area contributed by atoms with Crippen molar-refractivity contribution < 1.29 is 4.79 Å². The van der Waals surface area contributed by atoms with E-state index in [1.54, 1.807) is 17.9 Å². The Hall–Kier alpha value is -1.01. The van der Waals surface area contributed by atoms with Gasteiger partial charge in [-0.05, 0) is 6.42 Å². The molecule has 6 nitrogen and oxygen atoms in total. The van der Waals surface area contributed by atoms with Crippen LogP contribution in [0.4, 0.5) is 4.79 Å². The van der Waals surface area contributed by atoms with Gasteiger partial charge in [0, 0.05) is 12.5 Å². The second-order valence-corrected chi connectivity index (χ2v) is 6.27. The summed E-state index contributed by atoms with van der Waals surface area (Å²) in [6.07, 6.45) is 2.53. The van der Waals surface area contributed by atoms with Gasteiger partial charge in [0.15, 0.2) is 0 Å². The molecule has 0 spiro atoms. The van der Waals surface area contributed by atoms with Crippen molar-refractivity contribution in [3.05, 3.63) is 11.9 Å². The Bertz CT molecular complexity index is 461. The summed E-state index contributed by atoms with van der Waals surface area (Å²) in [5.74, 6) is 0. The summed E-state index contributed by atoms with van der Waals surface area (Å²) in [6, 6.07) is -0.251. The van der Waals surface area contributed by atoms with E-state index < -0.39 is 4.33 Å². The van der Waals surface area contributed by atoms with Gasteiger partial charge in [0.2, 0.25) is 0 Å². The molecule has 2 amide bonds. The van der Waals surface area contributed by atoms with Crippen molar-refractivity contribution in [3.63, 3.8) is 0 Å². The monoisotopic (exact) mass is 291 g/mol. The van der Waals surface area contributed by atoms with Gasteiger partial charge in [-0.1, -0.05) is 12.1 Å². The number of carbonyl (C=O) groups is 1. The number of hydrogen-bond acceptors (Lipinski definition) is 3. The van der Waals surface area contributed by atoms with Crippen molar-refractivity contribution in [2.24, 2.45) is 5.41 Å². The number of carbonyl (C=O) groups excluding carboxylic acids is 1. The molecule has 1 fully saturated rings. The molecule has 8 heteroatoms. The van der Waals surface area contributed by atoms with E-state index in [1.807, 2.05) is 6.92 Å². The third-order valence-corrected chi connectivity index (χ3v) is 4.30. The summed E-state index contributed by atoms with van der Waals surface area (Å²) in [4.78, 5) is 11.0. The number of alkyl halides is 2. The van der Waals surface area contributed by atoms with Gasteiger partial charge in [-0.2, -0.15) is 0 Å². The van der Waals surface area contributed by atoms with Crippen LogP contribution in [-0.4, -0.2) is 32.4 Å². The van der Waals surface area contributed by atoms with Crippen molar-refractivity contribution in [2.45, 2.75) is 30.8 Å². The van der Waals surface area contributed by atoms with Gasteiger partial charge in [0.1, 0.15) is 10.0 Å². The van der Waals surface area contributed by atoms with Gasteiger partial charge in [0.25, 0.3) is 0 Å². The Labute approximate surface area is 115 Å². The fourth-order valence-corrected chi connectivity index (χ4v) is 2.44. The largest absolute Gasteiger partial charge is 0.341 e. The molecule has 1 heterocycles. The van der Waals surface area contributed by atoms with Crippen molar-refractivity contribution in [1.82, 2.24) is 25.6 Å². The molecule has 1 aliphatic carbocycles. The molecule has 18 heavy (non-hydrogen) atoms. The summed E-state index contributed by atoms with van der Waals surface area (Å²) < 4.78 is 1.03. The zero-order valence-corrected chi connectivity index (χ0v) is 11.7. The van der Waals surface area contributed by atoms with E-state index in [9.17, 15) is 4.79 Å². The van der Waals surface area contributed by atoms with Crippen LogP contribution in [0.15, 0.2) is 6.20 Å². The molecule has 100 valence electrons. The topological polar surface area (TPSA) is 71.8 Å². The molecule has 1 saturated carbocycles. The minimum Gasteiger partial charge on any atom is -0.341 e. The van der Waals surface area contributed by atoms with Gasteiger partial charge in [-0.25, -0.2) is 4.79 Å². The summed E-state index contributed by atoms with van der Waals surface area (Å²) in [6.45, 7) is 2.97. The van der Waals surface area contributed by atoms with Crippen LogP contribution in [0.3, 0.4) is 0 Å². The fourth-order valence-electron chi connectivity index (χ4n) is 1.73. The van der Waals surface area contributed by atoms with Crippen LogP contribution in [0, 0.1) is 5.41 Å². The molecule has 1 aromatic rings. The van der Waals surface area contributed by atoms with Crippen LogP contribution >= 0.6 is 23.2 Å². The minimum absolute atomic E-state index is 0.157. The first-order valence-electron chi connectivity index (χ1n) is 5.59. The molecular formula is C10H15Cl2N5O. The lowest BCUT2D eigenvalue weighted by atomic mass is 10.1. The average Bonchev–Trinajstić information content (AvgIpc) is 2.66. The molecule has 1 aliphatic rings. The lowest BCUT2D eigenvalue weighted by Crippen LogP contribution is -2.32. The second-order valence-electron chi connectivity index (χ2n) is 4.78. The SMILES string of the molecule is CNC(=O)NCc1cn(CC2(C)CC2(Cl)Cl)nn1. The van der Waals surface area contributed by atoms with Gasteiger partial charge < -0.3 is 10.6 Å². The number of nitrogens with one attached hydrogen (secondary N) is 2. The number of nitrogens with zero attached hydrogens (tertiary/aromatic N) is 3. The van der Waals surface area contributed by atoms with Gasteiger partial charge in [-0.15, -0.1) is 28.3 Å². The molecule has 1 atom stereocenters. The highest BCUT2D eigenvalue weighted by atomic mass is 35.5. The van der Waals surface area contributed by atoms with Crippen molar-refractivity contribution in [3.8, 4) is 0 Å². The van der Waals surface area contributed by atoms with Crippen LogP contribution in [0.5, 0.6) is 0 Å².